The highest BCUT2D eigenvalue weighted by Gasteiger charge is 2.11. The maximum atomic E-state index is 5.54. The fourth-order valence-corrected chi connectivity index (χ4v) is 2.44. The number of rotatable bonds is 8. The van der Waals surface area contributed by atoms with Crippen LogP contribution in [0.1, 0.15) is 47.0 Å². The van der Waals surface area contributed by atoms with E-state index >= 15 is 0 Å². The summed E-state index contributed by atoms with van der Waals surface area (Å²) in [5.41, 5.74) is 2.93. The van der Waals surface area contributed by atoms with Crippen molar-refractivity contribution >= 4 is 11.8 Å². The second kappa shape index (κ2) is 8.57. The Balaban J connectivity index is 3.66. The van der Waals surface area contributed by atoms with Crippen LogP contribution in [0.4, 0.5) is 0 Å². The summed E-state index contributed by atoms with van der Waals surface area (Å²) < 4.78 is 0. The van der Waals surface area contributed by atoms with Crippen molar-refractivity contribution < 1.29 is 0 Å². The van der Waals surface area contributed by atoms with Crippen LogP contribution in [0.2, 0.25) is 0 Å². The number of hydrogen-bond acceptors (Lipinski definition) is 3. The average molecular weight is 218 g/mol. The van der Waals surface area contributed by atoms with Crippen LogP contribution >= 0.6 is 11.8 Å². The molecule has 3 N–H and O–H groups in total. The summed E-state index contributed by atoms with van der Waals surface area (Å²) in [4.78, 5) is 0. The molecule has 0 aromatic rings. The Morgan fingerprint density at radius 2 is 1.93 bits per heavy atom. The molecule has 0 bridgehead atoms. The highest BCUT2D eigenvalue weighted by atomic mass is 32.2. The zero-order valence-electron chi connectivity index (χ0n) is 10.0. The standard InChI is InChI=1S/C11H26N2S/c1-5-6-10(4)7-11(13-12)8-14-9(2)3/h9-11,13H,5-8,12H2,1-4H3. The third kappa shape index (κ3) is 7.65. The first kappa shape index (κ1) is 14.3. The third-order valence-corrected chi connectivity index (χ3v) is 3.60. The van der Waals surface area contributed by atoms with Crippen LogP contribution in [-0.4, -0.2) is 17.0 Å². The van der Waals surface area contributed by atoms with Crippen molar-refractivity contribution in [3.63, 3.8) is 0 Å². The molecule has 3 heteroatoms. The van der Waals surface area contributed by atoms with E-state index in [1.807, 2.05) is 11.8 Å². The van der Waals surface area contributed by atoms with E-state index in [1.165, 1.54) is 19.3 Å². The Hall–Kier alpha value is 0.270. The number of nitrogens with one attached hydrogen (secondary N) is 1. The van der Waals surface area contributed by atoms with E-state index < -0.39 is 0 Å². The molecule has 2 nitrogen and oxygen atoms in total. The molecule has 0 fully saturated rings. The van der Waals surface area contributed by atoms with Gasteiger partial charge in [0, 0.05) is 11.8 Å². The van der Waals surface area contributed by atoms with E-state index in [-0.39, 0.29) is 0 Å². The molecule has 14 heavy (non-hydrogen) atoms. The van der Waals surface area contributed by atoms with Gasteiger partial charge in [-0.15, -0.1) is 0 Å². The van der Waals surface area contributed by atoms with Gasteiger partial charge in [0.2, 0.25) is 0 Å². The van der Waals surface area contributed by atoms with Crippen LogP contribution in [0.3, 0.4) is 0 Å². The van der Waals surface area contributed by atoms with Gasteiger partial charge in [-0.1, -0.05) is 40.5 Å². The lowest BCUT2D eigenvalue weighted by Crippen LogP contribution is -2.38. The van der Waals surface area contributed by atoms with Gasteiger partial charge in [0.05, 0.1) is 0 Å². The number of thioether (sulfide) groups is 1. The molecule has 0 aromatic heterocycles. The first-order chi connectivity index (χ1) is 6.60. The van der Waals surface area contributed by atoms with Crippen LogP contribution < -0.4 is 11.3 Å². The molecule has 0 saturated carbocycles. The molecule has 0 saturated heterocycles. The maximum absolute atomic E-state index is 5.54. The molecule has 0 amide bonds. The van der Waals surface area contributed by atoms with Crippen molar-refractivity contribution in [1.29, 1.82) is 0 Å². The van der Waals surface area contributed by atoms with Gasteiger partial charge in [-0.05, 0) is 17.6 Å². The lowest BCUT2D eigenvalue weighted by Gasteiger charge is -2.20. The molecular weight excluding hydrogens is 192 g/mol. The molecule has 86 valence electrons. The number of hydrazine groups is 1. The minimum Gasteiger partial charge on any atom is -0.271 e. The fraction of sp³-hybridized carbons (Fsp3) is 1.00. The Kier molecular flexibility index (Phi) is 8.73. The summed E-state index contributed by atoms with van der Waals surface area (Å²) in [5, 5.41) is 0.701. The molecule has 0 spiro atoms. The third-order valence-electron chi connectivity index (χ3n) is 2.33. The van der Waals surface area contributed by atoms with Gasteiger partial charge in [-0.3, -0.25) is 11.3 Å². The van der Waals surface area contributed by atoms with E-state index in [9.17, 15) is 0 Å². The molecule has 0 radical (unpaired) electrons. The number of nitrogens with two attached hydrogens (primary N) is 1. The van der Waals surface area contributed by atoms with Crippen LogP contribution in [0.25, 0.3) is 0 Å². The van der Waals surface area contributed by atoms with Crippen LogP contribution in [0, 0.1) is 5.92 Å². The van der Waals surface area contributed by atoms with Gasteiger partial charge < -0.3 is 0 Å². The summed E-state index contributed by atoms with van der Waals surface area (Å²) in [5.74, 6) is 7.45. The second-order valence-electron chi connectivity index (χ2n) is 4.38. The van der Waals surface area contributed by atoms with Gasteiger partial charge >= 0.3 is 0 Å². The van der Waals surface area contributed by atoms with E-state index in [0.717, 1.165) is 11.7 Å². The van der Waals surface area contributed by atoms with E-state index in [1.54, 1.807) is 0 Å². The van der Waals surface area contributed by atoms with Crippen molar-refractivity contribution in [3.05, 3.63) is 0 Å². The van der Waals surface area contributed by atoms with Gasteiger partial charge in [0.1, 0.15) is 0 Å². The predicted octanol–water partition coefficient (Wildman–Crippen LogP) is 2.79. The fourth-order valence-electron chi connectivity index (χ4n) is 1.59. The first-order valence-electron chi connectivity index (χ1n) is 5.67. The highest BCUT2D eigenvalue weighted by molar-refractivity contribution is 7.99. The maximum Gasteiger partial charge on any atom is 0.0303 e. The minimum absolute atomic E-state index is 0.476. The van der Waals surface area contributed by atoms with Crippen LogP contribution in [0.5, 0.6) is 0 Å². The van der Waals surface area contributed by atoms with E-state index in [2.05, 4.69) is 33.1 Å². The Morgan fingerprint density at radius 3 is 2.36 bits per heavy atom. The molecule has 0 aromatic carbocycles. The largest absolute Gasteiger partial charge is 0.271 e. The van der Waals surface area contributed by atoms with Gasteiger partial charge in [0.25, 0.3) is 0 Å². The monoisotopic (exact) mass is 218 g/mol. The summed E-state index contributed by atoms with van der Waals surface area (Å²) in [6.07, 6.45) is 3.78. The molecule has 0 aliphatic carbocycles. The summed E-state index contributed by atoms with van der Waals surface area (Å²) in [7, 11) is 0. The topological polar surface area (TPSA) is 38.0 Å². The Labute approximate surface area is 93.4 Å². The zero-order chi connectivity index (χ0) is 11.0. The highest BCUT2D eigenvalue weighted by Crippen LogP contribution is 2.17. The Bertz CT molecular complexity index is 128. The molecule has 2 atom stereocenters. The normalized spacial score (nSPS) is 15.9. The van der Waals surface area contributed by atoms with Gasteiger partial charge in [0.15, 0.2) is 0 Å². The van der Waals surface area contributed by atoms with Crippen molar-refractivity contribution in [2.24, 2.45) is 11.8 Å². The molecule has 2 unspecified atom stereocenters. The first-order valence-corrected chi connectivity index (χ1v) is 6.72. The second-order valence-corrected chi connectivity index (χ2v) is 5.98. The molecule has 0 heterocycles. The Morgan fingerprint density at radius 1 is 1.29 bits per heavy atom. The van der Waals surface area contributed by atoms with Crippen molar-refractivity contribution in [1.82, 2.24) is 5.43 Å². The SMILES string of the molecule is CCCC(C)CC(CSC(C)C)NN. The van der Waals surface area contributed by atoms with Crippen LogP contribution in [0.15, 0.2) is 0 Å². The smallest absolute Gasteiger partial charge is 0.0303 e. The van der Waals surface area contributed by atoms with E-state index in [4.69, 9.17) is 5.84 Å². The van der Waals surface area contributed by atoms with Crippen molar-refractivity contribution in [2.75, 3.05) is 5.75 Å². The quantitative estimate of drug-likeness (QED) is 0.486. The lowest BCUT2D eigenvalue weighted by molar-refractivity contribution is 0.408. The molecular formula is C11H26N2S. The summed E-state index contributed by atoms with van der Waals surface area (Å²) >= 11 is 1.98. The predicted molar refractivity (Wildman–Crippen MR) is 67.4 cm³/mol. The molecule has 0 aliphatic rings. The van der Waals surface area contributed by atoms with Gasteiger partial charge in [-0.25, -0.2) is 0 Å². The van der Waals surface area contributed by atoms with Crippen molar-refractivity contribution in [2.45, 2.75) is 58.2 Å². The molecule has 0 aliphatic heterocycles. The average Bonchev–Trinajstić information content (AvgIpc) is 2.12. The van der Waals surface area contributed by atoms with Crippen molar-refractivity contribution in [3.8, 4) is 0 Å². The molecule has 0 rings (SSSR count). The van der Waals surface area contributed by atoms with Gasteiger partial charge in [-0.2, -0.15) is 11.8 Å². The summed E-state index contributed by atoms with van der Waals surface area (Å²) in [6.45, 7) is 9.01. The zero-order valence-corrected chi connectivity index (χ0v) is 10.9. The summed E-state index contributed by atoms with van der Waals surface area (Å²) in [6, 6.07) is 0.476. The van der Waals surface area contributed by atoms with E-state index in [0.29, 0.717) is 11.3 Å². The lowest BCUT2D eigenvalue weighted by atomic mass is 9.98. The van der Waals surface area contributed by atoms with Crippen LogP contribution in [-0.2, 0) is 0 Å². The minimum atomic E-state index is 0.476. The number of hydrogen-bond donors (Lipinski definition) is 2.